The third-order valence-corrected chi connectivity index (χ3v) is 9.06. The normalized spacial score (nSPS) is 14.9. The molecule has 3 aromatic carbocycles. The van der Waals surface area contributed by atoms with Gasteiger partial charge in [0.25, 0.3) is 5.91 Å². The lowest BCUT2D eigenvalue weighted by atomic mass is 10.0. The molecule has 0 aliphatic carbocycles. The van der Waals surface area contributed by atoms with Gasteiger partial charge in [0.2, 0.25) is 17.7 Å². The summed E-state index contributed by atoms with van der Waals surface area (Å²) in [5, 5.41) is 8.61. The van der Waals surface area contributed by atoms with Gasteiger partial charge in [0, 0.05) is 19.4 Å². The lowest BCUT2D eigenvalue weighted by Crippen LogP contribution is -2.55. The molecule has 1 fully saturated rings. The summed E-state index contributed by atoms with van der Waals surface area (Å²) in [5.41, 5.74) is 2.52. The summed E-state index contributed by atoms with van der Waals surface area (Å²) in [6.45, 7) is 2.18. The predicted octanol–water partition coefficient (Wildman–Crippen LogP) is 2.18. The van der Waals surface area contributed by atoms with Crippen LogP contribution >= 0.6 is 0 Å². The number of anilines is 1. The van der Waals surface area contributed by atoms with Gasteiger partial charge in [-0.3, -0.25) is 19.2 Å². The second-order valence-electron chi connectivity index (χ2n) is 11.3. The minimum absolute atomic E-state index is 0.0457. The van der Waals surface area contributed by atoms with Gasteiger partial charge in [-0.05, 0) is 47.4 Å². The molecule has 4 N–H and O–H groups in total. The lowest BCUT2D eigenvalue weighted by Gasteiger charge is -2.24. The van der Waals surface area contributed by atoms with Crippen molar-refractivity contribution in [1.82, 2.24) is 20.7 Å². The summed E-state index contributed by atoms with van der Waals surface area (Å²) in [6, 6.07) is 20.8. The second-order valence-corrected chi connectivity index (χ2v) is 12.9. The number of rotatable bonds is 16. The fourth-order valence-corrected chi connectivity index (χ4v) is 6.28. The first-order valence-corrected chi connectivity index (χ1v) is 17.0. The molecule has 0 unspecified atom stereocenters. The second kappa shape index (κ2) is 16.6. The summed E-state index contributed by atoms with van der Waals surface area (Å²) in [6.07, 6.45) is 3.06. The molecule has 4 rings (SSSR count). The highest BCUT2D eigenvalue weighted by Crippen LogP contribution is 2.21. The summed E-state index contributed by atoms with van der Waals surface area (Å²) in [4.78, 5) is 52.0. The molecule has 1 saturated heterocycles. The van der Waals surface area contributed by atoms with E-state index >= 15 is 0 Å². The van der Waals surface area contributed by atoms with E-state index in [1.807, 2.05) is 35.1 Å². The number of hydrogen-bond donors (Lipinski definition) is 4. The van der Waals surface area contributed by atoms with Crippen molar-refractivity contribution in [2.75, 3.05) is 24.5 Å². The Balaban J connectivity index is 1.51. The molecule has 0 radical (unpaired) electrons. The van der Waals surface area contributed by atoms with E-state index < -0.39 is 34.1 Å². The maximum Gasteiger partial charge on any atom is 0.326 e. The van der Waals surface area contributed by atoms with Crippen LogP contribution in [0.1, 0.15) is 42.9 Å². The maximum absolute atomic E-state index is 13.8. The summed E-state index contributed by atoms with van der Waals surface area (Å²) in [5.74, 6) is -1.21. The van der Waals surface area contributed by atoms with E-state index in [2.05, 4.69) is 22.9 Å². The molecule has 1 aliphatic rings. The Morgan fingerprint density at radius 1 is 0.830 bits per heavy atom. The van der Waals surface area contributed by atoms with Crippen LogP contribution in [0.4, 0.5) is 5.69 Å². The highest BCUT2D eigenvalue weighted by Gasteiger charge is 2.34. The van der Waals surface area contributed by atoms with E-state index in [-0.39, 0.29) is 37.6 Å². The Labute approximate surface area is 275 Å². The van der Waals surface area contributed by atoms with Crippen LogP contribution in [0.2, 0.25) is 0 Å². The Morgan fingerprint density at radius 3 is 2.04 bits per heavy atom. The number of carbonyl (C=O) groups excluding carboxylic acids is 4. The van der Waals surface area contributed by atoms with Crippen molar-refractivity contribution in [3.8, 4) is 5.75 Å². The zero-order valence-corrected chi connectivity index (χ0v) is 27.3. The van der Waals surface area contributed by atoms with Crippen LogP contribution in [0.3, 0.4) is 0 Å². The number of amides is 4. The van der Waals surface area contributed by atoms with Crippen LogP contribution < -0.4 is 29.7 Å². The van der Waals surface area contributed by atoms with Gasteiger partial charge < -0.3 is 20.7 Å². The van der Waals surface area contributed by atoms with Crippen molar-refractivity contribution in [3.63, 3.8) is 0 Å². The Hall–Kier alpha value is -4.91. The number of hydrogen-bond acceptors (Lipinski definition) is 7. The zero-order valence-electron chi connectivity index (χ0n) is 26.5. The van der Waals surface area contributed by atoms with Crippen molar-refractivity contribution >= 4 is 39.5 Å². The molecule has 47 heavy (non-hydrogen) atoms. The Bertz CT molecular complexity index is 1630. The monoisotopic (exact) mass is 663 g/mol. The lowest BCUT2D eigenvalue weighted by molar-refractivity contribution is -0.132. The molecule has 2 atom stereocenters. The molecule has 0 aromatic heterocycles. The number of methoxy groups -OCH3 is 1. The highest BCUT2D eigenvalue weighted by atomic mass is 32.2. The highest BCUT2D eigenvalue weighted by molar-refractivity contribution is 7.92. The quantitative estimate of drug-likeness (QED) is 0.171. The van der Waals surface area contributed by atoms with Crippen LogP contribution in [0.25, 0.3) is 0 Å². The SMILES string of the molecule is CCCCCNC(=O)[C@H](Cc1ccc(N2CC(=O)NS2(=O)=O)cc1)NC(=O)[C@H](Cc1ccccc1)NC(=O)Cc1ccc(OC)cc1. The summed E-state index contributed by atoms with van der Waals surface area (Å²) < 4.78 is 32.6. The van der Waals surface area contributed by atoms with Gasteiger partial charge in [0.1, 0.15) is 24.4 Å². The van der Waals surface area contributed by atoms with Gasteiger partial charge in [0.05, 0.1) is 19.2 Å². The minimum atomic E-state index is -3.97. The fraction of sp³-hybridized carbons (Fsp3) is 0.353. The molecule has 0 spiro atoms. The van der Waals surface area contributed by atoms with E-state index in [1.165, 1.54) is 0 Å². The van der Waals surface area contributed by atoms with Gasteiger partial charge >= 0.3 is 10.2 Å². The summed E-state index contributed by atoms with van der Waals surface area (Å²) >= 11 is 0. The molecule has 1 aliphatic heterocycles. The number of nitrogens with zero attached hydrogens (tertiary/aromatic N) is 1. The number of benzene rings is 3. The number of nitrogens with one attached hydrogen (secondary N) is 4. The topological polar surface area (TPSA) is 163 Å². The minimum Gasteiger partial charge on any atom is -0.497 e. The molecular weight excluding hydrogens is 622 g/mol. The molecule has 3 aromatic rings. The van der Waals surface area contributed by atoms with Crippen LogP contribution in [0.15, 0.2) is 78.9 Å². The smallest absolute Gasteiger partial charge is 0.326 e. The van der Waals surface area contributed by atoms with E-state index in [0.29, 0.717) is 23.5 Å². The van der Waals surface area contributed by atoms with E-state index in [0.717, 1.165) is 34.7 Å². The average molecular weight is 664 g/mol. The number of carbonyl (C=O) groups is 4. The van der Waals surface area contributed by atoms with Crippen molar-refractivity contribution in [2.24, 2.45) is 0 Å². The molecule has 0 bridgehead atoms. The largest absolute Gasteiger partial charge is 0.497 e. The third-order valence-electron chi connectivity index (χ3n) is 7.65. The van der Waals surface area contributed by atoms with E-state index in [1.54, 1.807) is 55.6 Å². The predicted molar refractivity (Wildman–Crippen MR) is 178 cm³/mol. The van der Waals surface area contributed by atoms with Gasteiger partial charge in [-0.1, -0.05) is 74.4 Å². The van der Waals surface area contributed by atoms with Gasteiger partial charge in [-0.25, -0.2) is 9.03 Å². The molecule has 250 valence electrons. The first-order valence-electron chi connectivity index (χ1n) is 15.5. The molecule has 1 heterocycles. The first kappa shape index (κ1) is 35.0. The fourth-order valence-electron chi connectivity index (χ4n) is 5.14. The van der Waals surface area contributed by atoms with E-state index in [4.69, 9.17) is 4.74 Å². The molecular formula is C34H41N5O7S. The third kappa shape index (κ3) is 10.3. The molecule has 12 nitrogen and oxygen atoms in total. The molecule has 4 amide bonds. The van der Waals surface area contributed by atoms with Crippen LogP contribution in [0.5, 0.6) is 5.75 Å². The zero-order chi connectivity index (χ0) is 33.8. The van der Waals surface area contributed by atoms with Crippen molar-refractivity contribution in [3.05, 3.63) is 95.6 Å². The standard InChI is InChI=1S/C34H41N5O7S/c1-3-4-8-19-35-33(42)29(21-25-11-15-27(16-12-25)39-23-32(41)38-47(39,44)45)37-34(43)30(20-24-9-6-5-7-10-24)36-31(40)22-26-13-17-28(46-2)18-14-26/h5-7,9-18,29-30H,3-4,8,19-23H2,1-2H3,(H,35,42)(H,36,40)(H,37,43)(H,38,41)/t29-,30-/m0/s1. The van der Waals surface area contributed by atoms with Gasteiger partial charge in [0.15, 0.2) is 0 Å². The van der Waals surface area contributed by atoms with Crippen molar-refractivity contribution in [1.29, 1.82) is 0 Å². The van der Waals surface area contributed by atoms with Crippen LogP contribution in [0, 0.1) is 0 Å². The van der Waals surface area contributed by atoms with Crippen molar-refractivity contribution in [2.45, 2.75) is 57.5 Å². The molecule has 13 heteroatoms. The van der Waals surface area contributed by atoms with Gasteiger partial charge in [-0.2, -0.15) is 8.42 Å². The van der Waals surface area contributed by atoms with Crippen LogP contribution in [-0.2, 0) is 48.6 Å². The van der Waals surface area contributed by atoms with Crippen LogP contribution in [-0.4, -0.2) is 64.3 Å². The van der Waals surface area contributed by atoms with Crippen molar-refractivity contribution < 1.29 is 32.3 Å². The average Bonchev–Trinajstić information content (AvgIpc) is 3.34. The number of ether oxygens (including phenoxy) is 1. The summed E-state index contributed by atoms with van der Waals surface area (Å²) in [7, 11) is -2.41. The maximum atomic E-state index is 13.8. The first-order chi connectivity index (χ1) is 22.6. The van der Waals surface area contributed by atoms with E-state index in [9.17, 15) is 27.6 Å². The molecule has 0 saturated carbocycles. The Kier molecular flexibility index (Phi) is 12.3. The Morgan fingerprint density at radius 2 is 1.45 bits per heavy atom. The number of unbranched alkanes of at least 4 members (excludes halogenated alkanes) is 2. The van der Waals surface area contributed by atoms with Gasteiger partial charge in [-0.15, -0.1) is 0 Å².